The molecule has 0 fully saturated rings. The topological polar surface area (TPSA) is 43.4 Å². The first kappa shape index (κ1) is 10.7. The summed E-state index contributed by atoms with van der Waals surface area (Å²) in [5, 5.41) is 0. The van der Waals surface area contributed by atoms with Crippen molar-refractivity contribution in [1.82, 2.24) is 0 Å². The van der Waals surface area contributed by atoms with E-state index in [0.717, 1.165) is 0 Å². The summed E-state index contributed by atoms with van der Waals surface area (Å²) in [4.78, 5) is 0.403. The summed E-state index contributed by atoms with van der Waals surface area (Å²) in [5.74, 6) is 0. The third kappa shape index (κ3) is 2.06. The van der Waals surface area contributed by atoms with E-state index in [0.29, 0.717) is 0 Å². The van der Waals surface area contributed by atoms with Crippen LogP contribution in [0.4, 0.5) is 0 Å². The van der Waals surface area contributed by atoms with Crippen LogP contribution < -0.4 is 0 Å². The van der Waals surface area contributed by atoms with E-state index in [1.807, 2.05) is 0 Å². The van der Waals surface area contributed by atoms with Gasteiger partial charge in [0.1, 0.15) is 11.2 Å². The highest BCUT2D eigenvalue weighted by Gasteiger charge is 2.18. The van der Waals surface area contributed by atoms with Crippen molar-refractivity contribution >= 4 is 9.84 Å². The third-order valence-electron chi connectivity index (χ3n) is 2.08. The van der Waals surface area contributed by atoms with Crippen LogP contribution >= 0.6 is 0 Å². The molecule has 1 aromatic carbocycles. The SMILES string of the molecule is O=S(=O)(C1=COC=CC=C1)c1ccccc1. The number of allylic oxidation sites excluding steroid dienone is 3. The Bertz CT molecular complexity index is 551. The molecule has 16 heavy (non-hydrogen) atoms. The molecule has 0 atom stereocenters. The van der Waals surface area contributed by atoms with Crippen molar-refractivity contribution in [3.8, 4) is 0 Å². The van der Waals surface area contributed by atoms with Gasteiger partial charge in [-0.1, -0.05) is 24.3 Å². The highest BCUT2D eigenvalue weighted by molar-refractivity contribution is 7.95. The fraction of sp³-hybridized carbons (Fsp3) is 0. The lowest BCUT2D eigenvalue weighted by molar-refractivity contribution is 0.402. The molecule has 1 aliphatic heterocycles. The van der Waals surface area contributed by atoms with Crippen LogP contribution in [0, 0.1) is 0 Å². The zero-order valence-corrected chi connectivity index (χ0v) is 9.22. The number of ether oxygens (including phenoxy) is 1. The minimum Gasteiger partial charge on any atom is -0.471 e. The number of hydrogen-bond donors (Lipinski definition) is 0. The standard InChI is InChI=1S/C12H10O3S/c13-16(14,11-6-2-1-3-7-11)12-8-4-5-9-15-10-12/h1-10H. The summed E-state index contributed by atoms with van der Waals surface area (Å²) in [6.45, 7) is 0. The van der Waals surface area contributed by atoms with E-state index in [4.69, 9.17) is 4.74 Å². The molecule has 82 valence electrons. The Labute approximate surface area is 94.3 Å². The van der Waals surface area contributed by atoms with Crippen LogP contribution in [0.3, 0.4) is 0 Å². The first-order valence-corrected chi connectivity index (χ1v) is 6.18. The molecule has 0 unspecified atom stereocenters. The molecule has 0 amide bonds. The molecule has 3 nitrogen and oxygen atoms in total. The normalized spacial score (nSPS) is 15.1. The van der Waals surface area contributed by atoms with Crippen molar-refractivity contribution in [2.45, 2.75) is 4.90 Å². The second kappa shape index (κ2) is 4.37. The van der Waals surface area contributed by atoms with Crippen LogP contribution in [0.2, 0.25) is 0 Å². The lowest BCUT2D eigenvalue weighted by Gasteiger charge is -2.03. The molecule has 4 heteroatoms. The molecule has 0 aromatic heterocycles. The van der Waals surface area contributed by atoms with E-state index in [1.165, 1.54) is 18.6 Å². The average Bonchev–Trinajstić information content (AvgIpc) is 2.59. The lowest BCUT2D eigenvalue weighted by atomic mass is 10.4. The fourth-order valence-electron chi connectivity index (χ4n) is 1.28. The van der Waals surface area contributed by atoms with Crippen LogP contribution in [0.5, 0.6) is 0 Å². The second-order valence-electron chi connectivity index (χ2n) is 3.16. The second-order valence-corrected chi connectivity index (χ2v) is 5.11. The van der Waals surface area contributed by atoms with Gasteiger partial charge in [0.25, 0.3) is 0 Å². The quantitative estimate of drug-likeness (QED) is 0.789. The zero-order valence-electron chi connectivity index (χ0n) is 8.41. The summed E-state index contributed by atoms with van der Waals surface area (Å²) in [7, 11) is -3.48. The number of sulfone groups is 1. The van der Waals surface area contributed by atoms with Crippen LogP contribution in [-0.2, 0) is 14.6 Å². The van der Waals surface area contributed by atoms with Gasteiger partial charge in [-0.05, 0) is 24.3 Å². The Hall–Kier alpha value is -1.81. The summed E-state index contributed by atoms with van der Waals surface area (Å²) >= 11 is 0. The van der Waals surface area contributed by atoms with E-state index in [9.17, 15) is 8.42 Å². The first-order chi connectivity index (χ1) is 7.71. The molecular weight excluding hydrogens is 224 g/mol. The lowest BCUT2D eigenvalue weighted by Crippen LogP contribution is -2.03. The number of rotatable bonds is 2. The predicted molar refractivity (Wildman–Crippen MR) is 61.1 cm³/mol. The molecule has 0 saturated heterocycles. The van der Waals surface area contributed by atoms with Crippen LogP contribution in [0.25, 0.3) is 0 Å². The van der Waals surface area contributed by atoms with Gasteiger partial charge in [-0.25, -0.2) is 8.42 Å². The zero-order chi connectivity index (χ0) is 11.4. The highest BCUT2D eigenvalue weighted by Crippen LogP contribution is 2.20. The van der Waals surface area contributed by atoms with E-state index < -0.39 is 9.84 Å². The van der Waals surface area contributed by atoms with Crippen molar-refractivity contribution in [1.29, 1.82) is 0 Å². The minimum absolute atomic E-state index is 0.142. The maximum absolute atomic E-state index is 12.1. The average molecular weight is 234 g/mol. The smallest absolute Gasteiger partial charge is 0.209 e. The fourth-order valence-corrected chi connectivity index (χ4v) is 2.50. The molecule has 0 spiro atoms. The summed E-state index contributed by atoms with van der Waals surface area (Å²) in [6.07, 6.45) is 7.40. The van der Waals surface area contributed by atoms with Gasteiger partial charge in [0.2, 0.25) is 9.84 Å². The molecule has 2 rings (SSSR count). The molecule has 0 aliphatic carbocycles. The Balaban J connectivity index is 2.45. The molecule has 0 radical (unpaired) electrons. The van der Waals surface area contributed by atoms with Gasteiger partial charge in [0, 0.05) is 0 Å². The highest BCUT2D eigenvalue weighted by atomic mass is 32.2. The molecule has 0 saturated carbocycles. The maximum atomic E-state index is 12.1. The van der Waals surface area contributed by atoms with Gasteiger partial charge < -0.3 is 4.74 Å². The molecule has 1 aliphatic rings. The van der Waals surface area contributed by atoms with E-state index in [-0.39, 0.29) is 9.80 Å². The molecular formula is C12H10O3S. The van der Waals surface area contributed by atoms with Gasteiger partial charge in [0.15, 0.2) is 0 Å². The Morgan fingerprint density at radius 1 is 1.00 bits per heavy atom. The van der Waals surface area contributed by atoms with E-state index in [1.54, 1.807) is 42.5 Å². The molecule has 1 aromatic rings. The van der Waals surface area contributed by atoms with Crippen LogP contribution in [-0.4, -0.2) is 8.42 Å². The van der Waals surface area contributed by atoms with Crippen molar-refractivity contribution in [2.75, 3.05) is 0 Å². The van der Waals surface area contributed by atoms with Crippen LogP contribution in [0.15, 0.2) is 70.9 Å². The van der Waals surface area contributed by atoms with Crippen molar-refractivity contribution < 1.29 is 13.2 Å². The summed E-state index contributed by atoms with van der Waals surface area (Å²) < 4.78 is 29.2. The van der Waals surface area contributed by atoms with Gasteiger partial charge in [-0.3, -0.25) is 0 Å². The summed E-state index contributed by atoms with van der Waals surface area (Å²) in [5.41, 5.74) is 0. The minimum atomic E-state index is -3.48. The van der Waals surface area contributed by atoms with Crippen LogP contribution in [0.1, 0.15) is 0 Å². The van der Waals surface area contributed by atoms with E-state index in [2.05, 4.69) is 0 Å². The van der Waals surface area contributed by atoms with Crippen molar-refractivity contribution in [3.05, 3.63) is 66.0 Å². The summed E-state index contributed by atoms with van der Waals surface area (Å²) in [6, 6.07) is 8.26. The third-order valence-corrected chi connectivity index (χ3v) is 3.82. The van der Waals surface area contributed by atoms with E-state index >= 15 is 0 Å². The predicted octanol–water partition coefficient (Wildman–Crippen LogP) is 2.40. The van der Waals surface area contributed by atoms with Gasteiger partial charge in [-0.2, -0.15) is 0 Å². The van der Waals surface area contributed by atoms with Crippen molar-refractivity contribution in [3.63, 3.8) is 0 Å². The van der Waals surface area contributed by atoms with Gasteiger partial charge >= 0.3 is 0 Å². The molecule has 0 bridgehead atoms. The first-order valence-electron chi connectivity index (χ1n) is 4.70. The Kier molecular flexibility index (Phi) is 2.92. The molecule has 0 N–H and O–H groups in total. The van der Waals surface area contributed by atoms with Crippen molar-refractivity contribution in [2.24, 2.45) is 0 Å². The molecule has 1 heterocycles. The number of benzene rings is 1. The largest absolute Gasteiger partial charge is 0.471 e. The Morgan fingerprint density at radius 3 is 2.50 bits per heavy atom. The number of hydrogen-bond acceptors (Lipinski definition) is 3. The monoisotopic (exact) mass is 234 g/mol. The maximum Gasteiger partial charge on any atom is 0.209 e. The Morgan fingerprint density at radius 2 is 1.75 bits per heavy atom. The van der Waals surface area contributed by atoms with Gasteiger partial charge in [0.05, 0.1) is 11.2 Å². The van der Waals surface area contributed by atoms with Gasteiger partial charge in [-0.15, -0.1) is 0 Å².